The summed E-state index contributed by atoms with van der Waals surface area (Å²) in [4.78, 5) is 0. The van der Waals surface area contributed by atoms with E-state index < -0.39 is 34.8 Å². The summed E-state index contributed by atoms with van der Waals surface area (Å²) in [5, 5.41) is 5.31. The molecule has 2 N–H and O–H groups in total. The number of benzene rings is 1. The Bertz CT molecular complexity index is 428. The lowest BCUT2D eigenvalue weighted by atomic mass is 10.2. The fourth-order valence-electron chi connectivity index (χ4n) is 1.92. The Morgan fingerprint density at radius 3 is 2.00 bits per heavy atom. The van der Waals surface area contributed by atoms with Gasteiger partial charge in [-0.25, -0.2) is 22.0 Å². The van der Waals surface area contributed by atoms with Gasteiger partial charge in [0.2, 0.25) is 5.82 Å². The standard InChI is InChI=1S/C11H11F5N2/c12-6-7(13)9(15)11(10(16)8(6)14)18-4-5-2-1-3-17-5/h5,17-18H,1-4H2. The molecule has 18 heavy (non-hydrogen) atoms. The quantitative estimate of drug-likeness (QED) is 0.499. The van der Waals surface area contributed by atoms with Gasteiger partial charge in [-0.2, -0.15) is 0 Å². The molecule has 0 aliphatic carbocycles. The summed E-state index contributed by atoms with van der Waals surface area (Å²) < 4.78 is 65.1. The van der Waals surface area contributed by atoms with E-state index in [-0.39, 0.29) is 12.6 Å². The number of halogens is 5. The van der Waals surface area contributed by atoms with Crippen LogP contribution < -0.4 is 10.6 Å². The van der Waals surface area contributed by atoms with Crippen LogP contribution in [-0.4, -0.2) is 19.1 Å². The maximum Gasteiger partial charge on any atom is 0.200 e. The molecule has 1 aliphatic rings. The highest BCUT2D eigenvalue weighted by Gasteiger charge is 2.26. The van der Waals surface area contributed by atoms with Gasteiger partial charge < -0.3 is 10.6 Å². The second-order valence-corrected chi connectivity index (χ2v) is 4.12. The van der Waals surface area contributed by atoms with E-state index >= 15 is 0 Å². The van der Waals surface area contributed by atoms with Crippen molar-refractivity contribution >= 4 is 5.69 Å². The first-order valence-electron chi connectivity index (χ1n) is 5.51. The first kappa shape index (κ1) is 13.1. The molecule has 1 aromatic carbocycles. The van der Waals surface area contributed by atoms with Crippen molar-refractivity contribution in [2.45, 2.75) is 18.9 Å². The predicted molar refractivity (Wildman–Crippen MR) is 55.7 cm³/mol. The largest absolute Gasteiger partial charge is 0.379 e. The van der Waals surface area contributed by atoms with Crippen molar-refractivity contribution < 1.29 is 22.0 Å². The van der Waals surface area contributed by atoms with Crippen molar-refractivity contribution in [3.8, 4) is 0 Å². The molecule has 100 valence electrons. The van der Waals surface area contributed by atoms with Crippen molar-refractivity contribution in [3.63, 3.8) is 0 Å². The minimum atomic E-state index is -2.14. The molecule has 2 rings (SSSR count). The number of anilines is 1. The van der Waals surface area contributed by atoms with Crippen LogP contribution >= 0.6 is 0 Å². The molecular weight excluding hydrogens is 255 g/mol. The van der Waals surface area contributed by atoms with Crippen LogP contribution in [0.25, 0.3) is 0 Å². The Hall–Kier alpha value is -1.37. The molecule has 0 saturated carbocycles. The van der Waals surface area contributed by atoms with Crippen LogP contribution in [0, 0.1) is 29.1 Å². The smallest absolute Gasteiger partial charge is 0.200 e. The van der Waals surface area contributed by atoms with Crippen LogP contribution in [0.4, 0.5) is 27.6 Å². The van der Waals surface area contributed by atoms with Gasteiger partial charge in [-0.05, 0) is 19.4 Å². The SMILES string of the molecule is Fc1c(F)c(F)c(NCC2CCCN2)c(F)c1F. The molecule has 1 atom stereocenters. The van der Waals surface area contributed by atoms with Gasteiger partial charge in [0, 0.05) is 12.6 Å². The van der Waals surface area contributed by atoms with E-state index in [4.69, 9.17) is 0 Å². The summed E-state index contributed by atoms with van der Waals surface area (Å²) in [6.45, 7) is 0.891. The second-order valence-electron chi connectivity index (χ2n) is 4.12. The molecule has 0 radical (unpaired) electrons. The number of hydrogen-bond donors (Lipinski definition) is 2. The fraction of sp³-hybridized carbons (Fsp3) is 0.455. The van der Waals surface area contributed by atoms with Crippen molar-refractivity contribution in [1.29, 1.82) is 0 Å². The Balaban J connectivity index is 2.21. The van der Waals surface area contributed by atoms with Gasteiger partial charge >= 0.3 is 0 Å². The van der Waals surface area contributed by atoms with Gasteiger partial charge in [0.1, 0.15) is 5.69 Å². The molecular formula is C11H11F5N2. The maximum atomic E-state index is 13.3. The summed E-state index contributed by atoms with van der Waals surface area (Å²) in [6.07, 6.45) is 1.71. The van der Waals surface area contributed by atoms with E-state index in [0.29, 0.717) is 0 Å². The lowest BCUT2D eigenvalue weighted by molar-refractivity contribution is 0.381. The summed E-state index contributed by atoms with van der Waals surface area (Å²) in [5.41, 5.74) is -0.972. The number of nitrogens with one attached hydrogen (secondary N) is 2. The van der Waals surface area contributed by atoms with Crippen LogP contribution in [0.1, 0.15) is 12.8 Å². The third-order valence-corrected chi connectivity index (χ3v) is 2.90. The highest BCUT2D eigenvalue weighted by molar-refractivity contribution is 5.47. The van der Waals surface area contributed by atoms with E-state index in [1.165, 1.54) is 0 Å². The highest BCUT2D eigenvalue weighted by Crippen LogP contribution is 2.27. The fourth-order valence-corrected chi connectivity index (χ4v) is 1.92. The van der Waals surface area contributed by atoms with E-state index in [2.05, 4.69) is 10.6 Å². The van der Waals surface area contributed by atoms with Crippen LogP contribution in [0.5, 0.6) is 0 Å². The van der Waals surface area contributed by atoms with Gasteiger partial charge in [-0.1, -0.05) is 0 Å². The normalized spacial score (nSPS) is 19.3. The third-order valence-electron chi connectivity index (χ3n) is 2.90. The molecule has 1 fully saturated rings. The van der Waals surface area contributed by atoms with Gasteiger partial charge in [0.25, 0.3) is 0 Å². The van der Waals surface area contributed by atoms with Gasteiger partial charge in [0.05, 0.1) is 0 Å². The van der Waals surface area contributed by atoms with E-state index in [1.807, 2.05) is 0 Å². The number of rotatable bonds is 3. The minimum absolute atomic E-state index is 0.0278. The molecule has 2 nitrogen and oxygen atoms in total. The average molecular weight is 266 g/mol. The average Bonchev–Trinajstić information content (AvgIpc) is 2.87. The molecule has 1 aliphatic heterocycles. The second kappa shape index (κ2) is 5.09. The van der Waals surface area contributed by atoms with Gasteiger partial charge in [-0.3, -0.25) is 0 Å². The van der Waals surface area contributed by atoms with E-state index in [9.17, 15) is 22.0 Å². The van der Waals surface area contributed by atoms with Gasteiger partial charge in [0.15, 0.2) is 23.3 Å². The molecule has 0 bridgehead atoms. The zero-order valence-corrected chi connectivity index (χ0v) is 9.30. The molecule has 0 spiro atoms. The molecule has 0 aromatic heterocycles. The Labute approximate surface area is 100 Å². The highest BCUT2D eigenvalue weighted by atomic mass is 19.2. The number of hydrogen-bond acceptors (Lipinski definition) is 2. The van der Waals surface area contributed by atoms with Gasteiger partial charge in [-0.15, -0.1) is 0 Å². The van der Waals surface area contributed by atoms with Crippen molar-refractivity contribution in [2.24, 2.45) is 0 Å². The molecule has 1 unspecified atom stereocenters. The first-order valence-corrected chi connectivity index (χ1v) is 5.51. The third kappa shape index (κ3) is 2.27. The van der Waals surface area contributed by atoms with Crippen LogP contribution in [0.2, 0.25) is 0 Å². The minimum Gasteiger partial charge on any atom is -0.379 e. The summed E-state index contributed by atoms with van der Waals surface area (Å²) in [5.74, 6) is -9.67. The topological polar surface area (TPSA) is 24.1 Å². The van der Waals surface area contributed by atoms with E-state index in [0.717, 1.165) is 19.4 Å². The first-order chi connectivity index (χ1) is 8.52. The van der Waals surface area contributed by atoms with Crippen LogP contribution in [0.15, 0.2) is 0 Å². The molecule has 0 amide bonds. The van der Waals surface area contributed by atoms with Crippen LogP contribution in [-0.2, 0) is 0 Å². The lowest BCUT2D eigenvalue weighted by Crippen LogP contribution is -2.30. The Morgan fingerprint density at radius 2 is 1.50 bits per heavy atom. The Morgan fingerprint density at radius 1 is 0.944 bits per heavy atom. The Kier molecular flexibility index (Phi) is 3.70. The van der Waals surface area contributed by atoms with Crippen LogP contribution in [0.3, 0.4) is 0 Å². The van der Waals surface area contributed by atoms with Crippen molar-refractivity contribution in [1.82, 2.24) is 5.32 Å². The van der Waals surface area contributed by atoms with E-state index in [1.54, 1.807) is 0 Å². The summed E-state index contributed by atoms with van der Waals surface area (Å²) >= 11 is 0. The van der Waals surface area contributed by atoms with Crippen molar-refractivity contribution in [3.05, 3.63) is 29.1 Å². The molecule has 1 aromatic rings. The maximum absolute atomic E-state index is 13.3. The molecule has 7 heteroatoms. The predicted octanol–water partition coefficient (Wildman–Crippen LogP) is 2.55. The monoisotopic (exact) mass is 266 g/mol. The lowest BCUT2D eigenvalue weighted by Gasteiger charge is -2.14. The van der Waals surface area contributed by atoms with Crippen molar-refractivity contribution in [2.75, 3.05) is 18.4 Å². The molecule has 1 heterocycles. The zero-order valence-electron chi connectivity index (χ0n) is 9.30. The summed E-state index contributed by atoms with van der Waals surface area (Å²) in [6, 6.07) is -0.0278. The zero-order chi connectivity index (χ0) is 13.3. The summed E-state index contributed by atoms with van der Waals surface area (Å²) in [7, 11) is 0. The molecule has 1 saturated heterocycles.